The minimum Gasteiger partial charge on any atom is -0.481 e. The third-order valence-corrected chi connectivity index (χ3v) is 4.82. The number of hydrogen-bond donors (Lipinski definition) is 1. The Morgan fingerprint density at radius 3 is 2.84 bits per heavy atom. The Balaban J connectivity index is 1.94. The number of fused-ring (bicyclic) bond motifs is 1. The molecule has 1 amide bonds. The highest BCUT2D eigenvalue weighted by molar-refractivity contribution is 5.81. The van der Waals surface area contributed by atoms with Crippen LogP contribution in [0.4, 0.5) is 0 Å². The van der Waals surface area contributed by atoms with Crippen molar-refractivity contribution in [2.75, 3.05) is 20.2 Å². The molecule has 0 radical (unpaired) electrons. The molecule has 1 aliphatic carbocycles. The first kappa shape index (κ1) is 14.3. The van der Waals surface area contributed by atoms with Crippen LogP contribution in [0.2, 0.25) is 0 Å². The van der Waals surface area contributed by atoms with Gasteiger partial charge in [-0.25, -0.2) is 0 Å². The van der Waals surface area contributed by atoms with Crippen molar-refractivity contribution in [2.45, 2.75) is 45.1 Å². The number of ether oxygens (including phenoxy) is 1. The van der Waals surface area contributed by atoms with Gasteiger partial charge in [0.15, 0.2) is 0 Å². The summed E-state index contributed by atoms with van der Waals surface area (Å²) in [6.45, 7) is 2.95. The van der Waals surface area contributed by atoms with Gasteiger partial charge in [-0.2, -0.15) is 0 Å². The molecule has 5 heteroatoms. The van der Waals surface area contributed by atoms with Crippen molar-refractivity contribution in [3.05, 3.63) is 0 Å². The Kier molecular flexibility index (Phi) is 4.13. The van der Waals surface area contributed by atoms with E-state index >= 15 is 0 Å². The van der Waals surface area contributed by atoms with E-state index in [0.717, 1.165) is 12.8 Å². The molecule has 2 aliphatic rings. The number of carboxylic acid groups (broad SMARTS) is 1. The topological polar surface area (TPSA) is 66.8 Å². The summed E-state index contributed by atoms with van der Waals surface area (Å²) in [4.78, 5) is 25.4. The molecule has 2 rings (SSSR count). The standard InChI is InChI=1S/C14H23NO4/c1-10(19-2)5-6-12(16)15-8-11-4-3-7-14(11,9-15)13(17)18/h10-11H,3-9H2,1-2H3,(H,17,18)/t10?,11-,14+/m0/s1. The van der Waals surface area contributed by atoms with Gasteiger partial charge < -0.3 is 14.7 Å². The number of carboxylic acids is 1. The molecule has 0 aromatic heterocycles. The van der Waals surface area contributed by atoms with E-state index in [2.05, 4.69) is 0 Å². The summed E-state index contributed by atoms with van der Waals surface area (Å²) in [5.41, 5.74) is -0.664. The van der Waals surface area contributed by atoms with Crippen LogP contribution in [0.25, 0.3) is 0 Å². The third kappa shape index (κ3) is 2.61. The van der Waals surface area contributed by atoms with Crippen molar-refractivity contribution >= 4 is 11.9 Å². The Labute approximate surface area is 113 Å². The fourth-order valence-electron chi connectivity index (χ4n) is 3.43. The summed E-state index contributed by atoms with van der Waals surface area (Å²) in [5, 5.41) is 9.47. The minimum absolute atomic E-state index is 0.0684. The number of likely N-dealkylation sites (tertiary alicyclic amines) is 1. The van der Waals surface area contributed by atoms with Crippen LogP contribution in [0, 0.1) is 11.3 Å². The highest BCUT2D eigenvalue weighted by Crippen LogP contribution is 2.48. The smallest absolute Gasteiger partial charge is 0.311 e. The van der Waals surface area contributed by atoms with E-state index in [-0.39, 0.29) is 17.9 Å². The van der Waals surface area contributed by atoms with Gasteiger partial charge in [0.2, 0.25) is 5.91 Å². The molecule has 1 saturated heterocycles. The summed E-state index contributed by atoms with van der Waals surface area (Å²) in [6.07, 6.45) is 3.82. The Hall–Kier alpha value is -1.10. The van der Waals surface area contributed by atoms with E-state index in [1.165, 1.54) is 0 Å². The number of hydrogen-bond acceptors (Lipinski definition) is 3. The number of methoxy groups -OCH3 is 1. The lowest BCUT2D eigenvalue weighted by molar-refractivity contribution is -0.149. The molecule has 0 bridgehead atoms. The van der Waals surface area contributed by atoms with Gasteiger partial charge in [-0.3, -0.25) is 9.59 Å². The molecular weight excluding hydrogens is 246 g/mol. The predicted molar refractivity (Wildman–Crippen MR) is 69.7 cm³/mol. The van der Waals surface area contributed by atoms with Crippen molar-refractivity contribution < 1.29 is 19.4 Å². The van der Waals surface area contributed by atoms with Gasteiger partial charge in [-0.05, 0) is 32.1 Å². The molecule has 2 fully saturated rings. The second-order valence-corrected chi connectivity index (χ2v) is 5.91. The second kappa shape index (κ2) is 5.49. The first-order valence-electron chi connectivity index (χ1n) is 7.03. The van der Waals surface area contributed by atoms with E-state index in [4.69, 9.17) is 4.74 Å². The summed E-state index contributed by atoms with van der Waals surface area (Å²) < 4.78 is 5.13. The molecule has 3 atom stereocenters. The SMILES string of the molecule is COC(C)CCC(=O)N1C[C@@H]2CCC[C@@]2(C(=O)O)C1. The number of nitrogens with zero attached hydrogens (tertiary/aromatic N) is 1. The summed E-state index contributed by atoms with van der Waals surface area (Å²) >= 11 is 0. The molecule has 1 N–H and O–H groups in total. The summed E-state index contributed by atoms with van der Waals surface area (Å²) in [7, 11) is 1.63. The highest BCUT2D eigenvalue weighted by Gasteiger charge is 2.55. The lowest BCUT2D eigenvalue weighted by Crippen LogP contribution is -2.37. The maximum absolute atomic E-state index is 12.1. The fourth-order valence-corrected chi connectivity index (χ4v) is 3.43. The van der Waals surface area contributed by atoms with Crippen LogP contribution in [0.1, 0.15) is 39.0 Å². The monoisotopic (exact) mass is 269 g/mol. The summed E-state index contributed by atoms with van der Waals surface area (Å²) in [5.74, 6) is -0.511. The molecule has 1 heterocycles. The first-order chi connectivity index (χ1) is 8.99. The number of rotatable bonds is 5. The molecule has 1 aliphatic heterocycles. The maximum atomic E-state index is 12.1. The Morgan fingerprint density at radius 1 is 1.53 bits per heavy atom. The Bertz CT molecular complexity index is 370. The molecular formula is C14H23NO4. The second-order valence-electron chi connectivity index (χ2n) is 5.91. The lowest BCUT2D eigenvalue weighted by Gasteiger charge is -2.23. The number of amides is 1. The van der Waals surface area contributed by atoms with Crippen LogP contribution in [0.15, 0.2) is 0 Å². The van der Waals surface area contributed by atoms with E-state index in [1.807, 2.05) is 6.92 Å². The Morgan fingerprint density at radius 2 is 2.26 bits per heavy atom. The van der Waals surface area contributed by atoms with Crippen molar-refractivity contribution in [1.29, 1.82) is 0 Å². The van der Waals surface area contributed by atoms with Gasteiger partial charge >= 0.3 is 5.97 Å². The maximum Gasteiger partial charge on any atom is 0.311 e. The van der Waals surface area contributed by atoms with Gasteiger partial charge in [0, 0.05) is 26.6 Å². The van der Waals surface area contributed by atoms with Crippen LogP contribution >= 0.6 is 0 Å². The largest absolute Gasteiger partial charge is 0.481 e. The third-order valence-electron chi connectivity index (χ3n) is 4.82. The van der Waals surface area contributed by atoms with E-state index in [0.29, 0.717) is 32.4 Å². The number of carbonyl (C=O) groups excluding carboxylic acids is 1. The van der Waals surface area contributed by atoms with Crippen LogP contribution in [0.5, 0.6) is 0 Å². The van der Waals surface area contributed by atoms with Gasteiger partial charge in [0.05, 0.1) is 11.5 Å². The first-order valence-corrected chi connectivity index (χ1v) is 7.03. The van der Waals surface area contributed by atoms with Gasteiger partial charge in [-0.15, -0.1) is 0 Å². The van der Waals surface area contributed by atoms with Crippen molar-refractivity contribution in [3.8, 4) is 0 Å². The van der Waals surface area contributed by atoms with Crippen LogP contribution in [-0.2, 0) is 14.3 Å². The molecule has 108 valence electrons. The quantitative estimate of drug-likeness (QED) is 0.821. The molecule has 5 nitrogen and oxygen atoms in total. The highest BCUT2D eigenvalue weighted by atomic mass is 16.5. The van der Waals surface area contributed by atoms with Gasteiger partial charge in [-0.1, -0.05) is 6.42 Å². The lowest BCUT2D eigenvalue weighted by atomic mass is 9.81. The number of aliphatic carboxylic acids is 1. The van der Waals surface area contributed by atoms with Crippen molar-refractivity contribution in [2.24, 2.45) is 11.3 Å². The molecule has 0 aromatic rings. The average molecular weight is 269 g/mol. The van der Waals surface area contributed by atoms with E-state index in [1.54, 1.807) is 12.0 Å². The molecule has 1 saturated carbocycles. The van der Waals surface area contributed by atoms with E-state index in [9.17, 15) is 14.7 Å². The normalized spacial score (nSPS) is 31.3. The zero-order valence-corrected chi connectivity index (χ0v) is 11.7. The zero-order chi connectivity index (χ0) is 14.0. The van der Waals surface area contributed by atoms with Gasteiger partial charge in [0.25, 0.3) is 0 Å². The van der Waals surface area contributed by atoms with Crippen LogP contribution in [-0.4, -0.2) is 48.2 Å². The minimum atomic E-state index is -0.726. The van der Waals surface area contributed by atoms with Gasteiger partial charge in [0.1, 0.15) is 0 Å². The molecule has 0 aromatic carbocycles. The number of carbonyl (C=O) groups is 2. The average Bonchev–Trinajstić information content (AvgIpc) is 2.92. The fraction of sp³-hybridized carbons (Fsp3) is 0.857. The van der Waals surface area contributed by atoms with Crippen LogP contribution < -0.4 is 0 Å². The zero-order valence-electron chi connectivity index (χ0n) is 11.7. The van der Waals surface area contributed by atoms with Crippen molar-refractivity contribution in [3.63, 3.8) is 0 Å². The molecule has 1 unspecified atom stereocenters. The van der Waals surface area contributed by atoms with E-state index < -0.39 is 11.4 Å². The van der Waals surface area contributed by atoms with Crippen molar-refractivity contribution in [1.82, 2.24) is 4.90 Å². The predicted octanol–water partition coefficient (Wildman–Crippen LogP) is 1.51. The summed E-state index contributed by atoms with van der Waals surface area (Å²) in [6, 6.07) is 0. The molecule has 0 spiro atoms. The van der Waals surface area contributed by atoms with Crippen LogP contribution in [0.3, 0.4) is 0 Å². The molecule has 19 heavy (non-hydrogen) atoms.